The summed E-state index contributed by atoms with van der Waals surface area (Å²) in [6, 6.07) is 1.60. The van der Waals surface area contributed by atoms with Crippen molar-refractivity contribution in [1.29, 1.82) is 0 Å². The standard InChI is InChI=1S/C11H10Cl2N2O/c12-7-4-10(13)11(14-6-7)15-8-2-1-3-9(16)5-8/h4,6H,1-3,5H2. The summed E-state index contributed by atoms with van der Waals surface area (Å²) in [5.41, 5.74) is 0.855. The molecule has 0 amide bonds. The lowest BCUT2D eigenvalue weighted by Crippen LogP contribution is -2.14. The minimum absolute atomic E-state index is 0.232. The molecule has 5 heteroatoms. The fraction of sp³-hybridized carbons (Fsp3) is 0.364. The van der Waals surface area contributed by atoms with Gasteiger partial charge in [0, 0.05) is 24.8 Å². The summed E-state index contributed by atoms with van der Waals surface area (Å²) in [5.74, 6) is 0.672. The highest BCUT2D eigenvalue weighted by Gasteiger charge is 2.15. The maximum atomic E-state index is 11.2. The zero-order chi connectivity index (χ0) is 11.5. The number of carbonyl (C=O) groups excluding carboxylic acids is 1. The fourth-order valence-electron chi connectivity index (χ4n) is 1.63. The van der Waals surface area contributed by atoms with Gasteiger partial charge < -0.3 is 0 Å². The van der Waals surface area contributed by atoms with Gasteiger partial charge in [0.2, 0.25) is 0 Å². The highest BCUT2D eigenvalue weighted by molar-refractivity contribution is 6.35. The maximum Gasteiger partial charge on any atom is 0.170 e. The second-order valence-electron chi connectivity index (χ2n) is 3.71. The number of halogens is 2. The number of ketones is 1. The van der Waals surface area contributed by atoms with Crippen LogP contribution in [0.5, 0.6) is 0 Å². The van der Waals surface area contributed by atoms with Crippen molar-refractivity contribution in [3.63, 3.8) is 0 Å². The molecule has 3 nitrogen and oxygen atoms in total. The zero-order valence-corrected chi connectivity index (χ0v) is 10.1. The van der Waals surface area contributed by atoms with Crippen LogP contribution in [-0.2, 0) is 4.79 Å². The molecule has 0 unspecified atom stereocenters. The van der Waals surface area contributed by atoms with Crippen LogP contribution in [0.25, 0.3) is 0 Å². The topological polar surface area (TPSA) is 42.3 Å². The lowest BCUT2D eigenvalue weighted by molar-refractivity contribution is -0.118. The van der Waals surface area contributed by atoms with E-state index in [2.05, 4.69) is 9.98 Å². The number of rotatable bonds is 1. The van der Waals surface area contributed by atoms with Crippen LogP contribution in [0, 0.1) is 0 Å². The Morgan fingerprint density at radius 2 is 2.12 bits per heavy atom. The van der Waals surface area contributed by atoms with E-state index in [0.717, 1.165) is 18.6 Å². The summed E-state index contributed by atoms with van der Waals surface area (Å²) < 4.78 is 0. The van der Waals surface area contributed by atoms with Crippen molar-refractivity contribution >= 4 is 40.5 Å². The van der Waals surface area contributed by atoms with E-state index in [-0.39, 0.29) is 5.78 Å². The Morgan fingerprint density at radius 1 is 1.31 bits per heavy atom. The first kappa shape index (κ1) is 11.6. The van der Waals surface area contributed by atoms with E-state index >= 15 is 0 Å². The van der Waals surface area contributed by atoms with Crippen LogP contribution >= 0.6 is 23.2 Å². The number of aliphatic imine (C=N–C) groups is 1. The van der Waals surface area contributed by atoms with Crippen molar-refractivity contribution in [3.05, 3.63) is 22.3 Å². The second-order valence-corrected chi connectivity index (χ2v) is 4.55. The van der Waals surface area contributed by atoms with Gasteiger partial charge in [0.05, 0.1) is 10.0 Å². The molecule has 0 radical (unpaired) electrons. The third-order valence-electron chi connectivity index (χ3n) is 2.37. The Morgan fingerprint density at radius 3 is 2.81 bits per heavy atom. The molecule has 1 heterocycles. The number of pyridine rings is 1. The summed E-state index contributed by atoms with van der Waals surface area (Å²) in [6.07, 6.45) is 4.27. The molecule has 0 N–H and O–H groups in total. The summed E-state index contributed by atoms with van der Waals surface area (Å²) in [7, 11) is 0. The van der Waals surface area contributed by atoms with E-state index in [1.54, 1.807) is 6.07 Å². The number of Topliss-reactive ketones (excluding diaryl/α,β-unsaturated/α-hetero) is 1. The molecule has 84 valence electrons. The van der Waals surface area contributed by atoms with Gasteiger partial charge in [-0.25, -0.2) is 9.98 Å². The summed E-state index contributed by atoms with van der Waals surface area (Å²) in [4.78, 5) is 19.6. The van der Waals surface area contributed by atoms with Gasteiger partial charge in [-0.2, -0.15) is 0 Å². The summed E-state index contributed by atoms with van der Waals surface area (Å²) >= 11 is 11.7. The smallest absolute Gasteiger partial charge is 0.170 e. The largest absolute Gasteiger partial charge is 0.299 e. The molecule has 1 fully saturated rings. The van der Waals surface area contributed by atoms with Gasteiger partial charge in [0.15, 0.2) is 5.82 Å². The second kappa shape index (κ2) is 4.93. The van der Waals surface area contributed by atoms with E-state index in [0.29, 0.717) is 28.7 Å². The van der Waals surface area contributed by atoms with Gasteiger partial charge in [-0.05, 0) is 18.9 Å². The average molecular weight is 257 g/mol. The van der Waals surface area contributed by atoms with E-state index in [9.17, 15) is 4.79 Å². The Hall–Kier alpha value is -0.930. The molecule has 0 aromatic carbocycles. The van der Waals surface area contributed by atoms with Crippen molar-refractivity contribution in [2.75, 3.05) is 0 Å². The number of hydrogen-bond donors (Lipinski definition) is 0. The normalized spacial score (nSPS) is 19.1. The molecule has 1 aliphatic rings. The van der Waals surface area contributed by atoms with Crippen molar-refractivity contribution in [1.82, 2.24) is 4.98 Å². The quantitative estimate of drug-likeness (QED) is 0.771. The molecule has 0 aliphatic heterocycles. The monoisotopic (exact) mass is 256 g/mol. The molecule has 1 aliphatic carbocycles. The number of nitrogens with zero attached hydrogens (tertiary/aromatic N) is 2. The molecule has 1 aromatic heterocycles. The molecular formula is C11H10Cl2N2O. The summed E-state index contributed by atoms with van der Waals surface area (Å²) in [5, 5.41) is 0.895. The Kier molecular flexibility index (Phi) is 3.56. The van der Waals surface area contributed by atoms with Crippen LogP contribution in [0.4, 0.5) is 5.82 Å². The third-order valence-corrected chi connectivity index (χ3v) is 2.86. The predicted molar refractivity (Wildman–Crippen MR) is 64.8 cm³/mol. The number of carbonyl (C=O) groups is 1. The Balaban J connectivity index is 2.24. The van der Waals surface area contributed by atoms with Gasteiger partial charge in [0.1, 0.15) is 5.78 Å². The van der Waals surface area contributed by atoms with Crippen LogP contribution in [0.2, 0.25) is 10.0 Å². The molecule has 1 aromatic rings. The van der Waals surface area contributed by atoms with Crippen LogP contribution in [0.15, 0.2) is 17.3 Å². The third kappa shape index (κ3) is 2.80. The Labute approximate surface area is 103 Å². The van der Waals surface area contributed by atoms with E-state index in [4.69, 9.17) is 23.2 Å². The zero-order valence-electron chi connectivity index (χ0n) is 8.54. The van der Waals surface area contributed by atoms with Gasteiger partial charge in [-0.1, -0.05) is 23.2 Å². The molecule has 0 atom stereocenters. The SMILES string of the molecule is O=C1CCCC(=Nc2ncc(Cl)cc2Cl)C1. The minimum atomic E-state index is 0.232. The molecule has 0 bridgehead atoms. The lowest BCUT2D eigenvalue weighted by Gasteiger charge is -2.11. The maximum absolute atomic E-state index is 11.2. The highest BCUT2D eigenvalue weighted by Crippen LogP contribution is 2.26. The van der Waals surface area contributed by atoms with Crippen LogP contribution in [-0.4, -0.2) is 16.5 Å². The van der Waals surface area contributed by atoms with Gasteiger partial charge in [-0.3, -0.25) is 4.79 Å². The van der Waals surface area contributed by atoms with Crippen molar-refractivity contribution in [2.45, 2.75) is 25.7 Å². The van der Waals surface area contributed by atoms with Crippen LogP contribution < -0.4 is 0 Å². The first-order chi connectivity index (χ1) is 7.65. The van der Waals surface area contributed by atoms with E-state index in [1.807, 2.05) is 0 Å². The number of hydrogen-bond acceptors (Lipinski definition) is 3. The molecule has 16 heavy (non-hydrogen) atoms. The number of aromatic nitrogens is 1. The van der Waals surface area contributed by atoms with Crippen molar-refractivity contribution < 1.29 is 4.79 Å². The average Bonchev–Trinajstić information content (AvgIpc) is 2.22. The van der Waals surface area contributed by atoms with E-state index < -0.39 is 0 Å². The first-order valence-corrected chi connectivity index (χ1v) is 5.80. The molecular weight excluding hydrogens is 247 g/mol. The van der Waals surface area contributed by atoms with Crippen LogP contribution in [0.1, 0.15) is 25.7 Å². The van der Waals surface area contributed by atoms with Crippen LogP contribution in [0.3, 0.4) is 0 Å². The molecule has 0 spiro atoms. The van der Waals surface area contributed by atoms with Gasteiger partial charge in [-0.15, -0.1) is 0 Å². The molecule has 2 rings (SSSR count). The summed E-state index contributed by atoms with van der Waals surface area (Å²) in [6.45, 7) is 0. The van der Waals surface area contributed by atoms with Gasteiger partial charge >= 0.3 is 0 Å². The predicted octanol–water partition coefficient (Wildman–Crippen LogP) is 3.60. The lowest BCUT2D eigenvalue weighted by atomic mass is 9.97. The molecule has 1 saturated carbocycles. The first-order valence-electron chi connectivity index (χ1n) is 5.04. The highest BCUT2D eigenvalue weighted by atomic mass is 35.5. The molecule has 0 saturated heterocycles. The van der Waals surface area contributed by atoms with E-state index in [1.165, 1.54) is 6.20 Å². The van der Waals surface area contributed by atoms with Crippen molar-refractivity contribution in [3.8, 4) is 0 Å². The Bertz CT molecular complexity index is 457. The van der Waals surface area contributed by atoms with Crippen molar-refractivity contribution in [2.24, 2.45) is 4.99 Å². The minimum Gasteiger partial charge on any atom is -0.299 e. The van der Waals surface area contributed by atoms with Gasteiger partial charge in [0.25, 0.3) is 0 Å². The fourth-order valence-corrected chi connectivity index (χ4v) is 2.05.